The summed E-state index contributed by atoms with van der Waals surface area (Å²) in [5, 5.41) is 5.54. The molecule has 3 aromatic carbocycles. The van der Waals surface area contributed by atoms with Crippen LogP contribution in [-0.2, 0) is 4.74 Å². The molecule has 2 amide bonds. The van der Waals surface area contributed by atoms with Gasteiger partial charge in [0.05, 0.1) is 37.8 Å². The van der Waals surface area contributed by atoms with Crippen LogP contribution in [0.2, 0.25) is 0 Å². The zero-order valence-electron chi connectivity index (χ0n) is 25.1. The van der Waals surface area contributed by atoms with Crippen molar-refractivity contribution in [3.63, 3.8) is 0 Å². The van der Waals surface area contributed by atoms with E-state index in [4.69, 9.17) is 24.7 Å². The maximum Gasteiger partial charge on any atom is 0.407 e. The number of amides is 2. The van der Waals surface area contributed by atoms with Gasteiger partial charge in [0.15, 0.2) is 5.78 Å². The molecule has 0 fully saturated rings. The first-order valence-corrected chi connectivity index (χ1v) is 13.4. The van der Waals surface area contributed by atoms with E-state index in [2.05, 4.69) is 10.6 Å². The number of anilines is 2. The minimum Gasteiger partial charge on any atom is -0.497 e. The largest absolute Gasteiger partial charge is 0.497 e. The standard InChI is InChI=1S/C32H39N3O7/c1-31(2,3)42-30(38)34-18-32(4,5)19-41-26-17-22(40-7)15-16-23(26)28(36)24-9-8-10-25(33)27(24)35-29(37)20-11-13-21(39-6)14-12-20/h8-17H,18-19,33H2,1-7H3,(H,34,38)(H,35,37). The molecule has 3 aromatic rings. The number of rotatable bonds is 11. The maximum absolute atomic E-state index is 13.9. The third-order valence-electron chi connectivity index (χ3n) is 6.09. The van der Waals surface area contributed by atoms with Crippen LogP contribution in [-0.4, -0.2) is 50.8 Å². The minimum atomic E-state index is -0.617. The van der Waals surface area contributed by atoms with Crippen LogP contribution < -0.4 is 30.6 Å². The lowest BCUT2D eigenvalue weighted by Gasteiger charge is -2.27. The molecule has 0 radical (unpaired) electrons. The van der Waals surface area contributed by atoms with E-state index in [1.807, 2.05) is 13.8 Å². The molecule has 0 atom stereocenters. The summed E-state index contributed by atoms with van der Waals surface area (Å²) in [5.74, 6) is 0.536. The molecule has 0 aliphatic carbocycles. The number of ether oxygens (including phenoxy) is 4. The normalized spacial score (nSPS) is 11.3. The first-order valence-electron chi connectivity index (χ1n) is 13.4. The van der Waals surface area contributed by atoms with Gasteiger partial charge in [-0.3, -0.25) is 9.59 Å². The molecule has 0 unspecified atom stereocenters. The van der Waals surface area contributed by atoms with Gasteiger partial charge in [-0.25, -0.2) is 4.79 Å². The Hall–Kier alpha value is -4.73. The SMILES string of the molecule is COc1ccc(C(=O)Nc2c(N)cccc2C(=O)c2ccc(OC)cc2OCC(C)(C)CNC(=O)OC(C)(C)C)cc1. The summed E-state index contributed by atoms with van der Waals surface area (Å²) in [7, 11) is 3.05. The van der Waals surface area contributed by atoms with Crippen LogP contribution in [0.4, 0.5) is 16.2 Å². The molecule has 0 aromatic heterocycles. The van der Waals surface area contributed by atoms with E-state index in [0.29, 0.717) is 17.1 Å². The van der Waals surface area contributed by atoms with E-state index in [0.717, 1.165) is 0 Å². The van der Waals surface area contributed by atoms with E-state index in [1.54, 1.807) is 81.4 Å². The number of para-hydroxylation sites is 1. The molecule has 224 valence electrons. The van der Waals surface area contributed by atoms with Crippen molar-refractivity contribution < 1.29 is 33.3 Å². The van der Waals surface area contributed by atoms with Crippen LogP contribution in [0.1, 0.15) is 60.9 Å². The highest BCUT2D eigenvalue weighted by atomic mass is 16.6. The predicted molar refractivity (Wildman–Crippen MR) is 162 cm³/mol. The quantitative estimate of drug-likeness (QED) is 0.195. The first kappa shape index (κ1) is 31.8. The summed E-state index contributed by atoms with van der Waals surface area (Å²) in [5.41, 5.74) is 6.31. The van der Waals surface area contributed by atoms with Crippen molar-refractivity contribution in [1.29, 1.82) is 0 Å². The molecule has 0 bridgehead atoms. The Morgan fingerprint density at radius 2 is 1.48 bits per heavy atom. The average Bonchev–Trinajstić information content (AvgIpc) is 2.94. The van der Waals surface area contributed by atoms with Gasteiger partial charge < -0.3 is 35.3 Å². The summed E-state index contributed by atoms with van der Waals surface area (Å²) in [6.45, 7) is 9.63. The van der Waals surface area contributed by atoms with Crippen LogP contribution >= 0.6 is 0 Å². The number of hydrogen-bond acceptors (Lipinski definition) is 8. The van der Waals surface area contributed by atoms with Crippen LogP contribution in [0.5, 0.6) is 17.2 Å². The Kier molecular flexibility index (Phi) is 10.1. The molecule has 0 heterocycles. The minimum absolute atomic E-state index is 0.161. The molecule has 0 saturated heterocycles. The maximum atomic E-state index is 13.9. The lowest BCUT2D eigenvalue weighted by atomic mass is 9.94. The number of nitrogen functional groups attached to an aromatic ring is 1. The Morgan fingerprint density at radius 3 is 2.10 bits per heavy atom. The van der Waals surface area contributed by atoms with Crippen molar-refractivity contribution >= 4 is 29.2 Å². The van der Waals surface area contributed by atoms with Gasteiger partial charge in [-0.2, -0.15) is 0 Å². The third-order valence-corrected chi connectivity index (χ3v) is 6.09. The lowest BCUT2D eigenvalue weighted by Crippen LogP contribution is -2.40. The number of nitrogens with one attached hydrogen (secondary N) is 2. The van der Waals surface area contributed by atoms with Gasteiger partial charge in [-0.15, -0.1) is 0 Å². The Labute approximate surface area is 246 Å². The number of alkyl carbamates (subject to hydrolysis) is 1. The molecule has 0 aliphatic rings. The van der Waals surface area contributed by atoms with Gasteiger partial charge in [0.2, 0.25) is 0 Å². The molecule has 0 saturated carbocycles. The van der Waals surface area contributed by atoms with E-state index in [9.17, 15) is 14.4 Å². The highest BCUT2D eigenvalue weighted by Crippen LogP contribution is 2.33. The highest BCUT2D eigenvalue weighted by Gasteiger charge is 2.26. The van der Waals surface area contributed by atoms with E-state index in [1.165, 1.54) is 14.2 Å². The number of nitrogens with two attached hydrogens (primary N) is 1. The lowest BCUT2D eigenvalue weighted by molar-refractivity contribution is 0.0492. The number of ketones is 1. The first-order chi connectivity index (χ1) is 19.7. The monoisotopic (exact) mass is 577 g/mol. The molecule has 4 N–H and O–H groups in total. The van der Waals surface area contributed by atoms with Crippen LogP contribution in [0, 0.1) is 5.41 Å². The molecule has 10 heteroatoms. The molecule has 3 rings (SSSR count). The van der Waals surface area contributed by atoms with Gasteiger partial charge in [0.1, 0.15) is 22.8 Å². The fourth-order valence-corrected chi connectivity index (χ4v) is 3.86. The van der Waals surface area contributed by atoms with Gasteiger partial charge >= 0.3 is 6.09 Å². The van der Waals surface area contributed by atoms with E-state index >= 15 is 0 Å². The molecule has 0 aliphatic heterocycles. The average molecular weight is 578 g/mol. The van der Waals surface area contributed by atoms with Crippen molar-refractivity contribution in [2.45, 2.75) is 40.2 Å². The molecule has 0 spiro atoms. The zero-order valence-corrected chi connectivity index (χ0v) is 25.1. The second kappa shape index (κ2) is 13.3. The smallest absolute Gasteiger partial charge is 0.407 e. The van der Waals surface area contributed by atoms with Crippen molar-refractivity contribution in [3.8, 4) is 17.2 Å². The second-order valence-electron chi connectivity index (χ2n) is 11.5. The van der Waals surface area contributed by atoms with Crippen molar-refractivity contribution in [3.05, 3.63) is 77.4 Å². The number of hydrogen-bond donors (Lipinski definition) is 3. The number of carbonyl (C=O) groups excluding carboxylic acids is 3. The second-order valence-corrected chi connectivity index (χ2v) is 11.5. The fraction of sp³-hybridized carbons (Fsp3) is 0.344. The Balaban J connectivity index is 1.85. The topological polar surface area (TPSA) is 138 Å². The molecular formula is C32H39N3O7. The van der Waals surface area contributed by atoms with Gasteiger partial charge in [0.25, 0.3) is 5.91 Å². The molecular weight excluding hydrogens is 538 g/mol. The zero-order chi connectivity index (χ0) is 31.1. The van der Waals surface area contributed by atoms with Gasteiger partial charge in [-0.05, 0) is 69.3 Å². The summed E-state index contributed by atoms with van der Waals surface area (Å²) >= 11 is 0. The summed E-state index contributed by atoms with van der Waals surface area (Å²) in [6, 6.07) is 16.3. The number of benzene rings is 3. The van der Waals surface area contributed by atoms with Gasteiger partial charge in [-0.1, -0.05) is 19.9 Å². The predicted octanol–water partition coefficient (Wildman–Crippen LogP) is 5.70. The van der Waals surface area contributed by atoms with Crippen molar-refractivity contribution in [1.82, 2.24) is 5.32 Å². The van der Waals surface area contributed by atoms with Gasteiger partial charge in [0, 0.05) is 29.2 Å². The van der Waals surface area contributed by atoms with E-state index in [-0.39, 0.29) is 41.4 Å². The summed E-state index contributed by atoms with van der Waals surface area (Å²) < 4.78 is 22.0. The molecule has 10 nitrogen and oxygen atoms in total. The summed E-state index contributed by atoms with van der Waals surface area (Å²) in [4.78, 5) is 39.1. The molecule has 42 heavy (non-hydrogen) atoms. The van der Waals surface area contributed by atoms with Crippen molar-refractivity contribution in [2.75, 3.05) is 38.4 Å². The highest BCUT2D eigenvalue weighted by molar-refractivity contribution is 6.18. The van der Waals surface area contributed by atoms with Crippen LogP contribution in [0.25, 0.3) is 0 Å². The van der Waals surface area contributed by atoms with Crippen LogP contribution in [0.3, 0.4) is 0 Å². The number of carbonyl (C=O) groups is 3. The van der Waals surface area contributed by atoms with Crippen molar-refractivity contribution in [2.24, 2.45) is 5.41 Å². The fourth-order valence-electron chi connectivity index (χ4n) is 3.86. The van der Waals surface area contributed by atoms with Crippen LogP contribution in [0.15, 0.2) is 60.7 Å². The van der Waals surface area contributed by atoms with E-state index < -0.39 is 28.8 Å². The third kappa shape index (κ3) is 8.63. The number of methoxy groups -OCH3 is 2. The summed E-state index contributed by atoms with van der Waals surface area (Å²) in [6.07, 6.45) is -0.529. The Morgan fingerprint density at radius 1 is 0.833 bits per heavy atom. The Bertz CT molecular complexity index is 1430.